The maximum Gasteiger partial charge on any atom is 0.133 e. The van der Waals surface area contributed by atoms with E-state index >= 15 is 0 Å². The Balaban J connectivity index is 2.35. The molecule has 1 heteroatoms. The summed E-state index contributed by atoms with van der Waals surface area (Å²) in [6.45, 7) is 1.64. The van der Waals surface area contributed by atoms with E-state index in [0.29, 0.717) is 6.42 Å². The number of carbonyl (C=O) groups excluding carboxylic acids is 1. The zero-order valence-electron chi connectivity index (χ0n) is 5.68. The molecular formula is C8H11O. The van der Waals surface area contributed by atoms with Gasteiger partial charge in [-0.15, -0.1) is 0 Å². The van der Waals surface area contributed by atoms with Crippen molar-refractivity contribution in [2.24, 2.45) is 0 Å². The number of rotatable bonds is 2. The van der Waals surface area contributed by atoms with E-state index in [1.165, 1.54) is 5.57 Å². The third-order valence-electron chi connectivity index (χ3n) is 1.46. The summed E-state index contributed by atoms with van der Waals surface area (Å²) in [6, 6.07) is 0. The van der Waals surface area contributed by atoms with Crippen molar-refractivity contribution in [2.75, 3.05) is 0 Å². The highest BCUT2D eigenvalue weighted by Gasteiger charge is 2.05. The Bertz CT molecular complexity index is 145. The van der Waals surface area contributed by atoms with Crippen molar-refractivity contribution in [1.29, 1.82) is 0 Å². The van der Waals surface area contributed by atoms with E-state index in [1.54, 1.807) is 6.92 Å². The fourth-order valence-electron chi connectivity index (χ4n) is 1.07. The molecule has 0 bridgehead atoms. The van der Waals surface area contributed by atoms with Crippen LogP contribution in [0.15, 0.2) is 11.6 Å². The van der Waals surface area contributed by atoms with Crippen LogP contribution in [0.4, 0.5) is 0 Å². The standard InChI is InChI=1S/C8H11O/c1-7(9)6-8-4-2-3-5-8/h2,4H,3,5-6H2,1H3. The molecule has 0 saturated heterocycles. The highest BCUT2D eigenvalue weighted by atomic mass is 16.1. The van der Waals surface area contributed by atoms with E-state index in [4.69, 9.17) is 0 Å². The average molecular weight is 123 g/mol. The second-order valence-corrected chi connectivity index (χ2v) is 2.48. The van der Waals surface area contributed by atoms with E-state index in [2.05, 4.69) is 12.5 Å². The van der Waals surface area contributed by atoms with Gasteiger partial charge in [0.1, 0.15) is 5.78 Å². The molecule has 0 fully saturated rings. The van der Waals surface area contributed by atoms with Gasteiger partial charge in [-0.1, -0.05) is 11.6 Å². The second-order valence-electron chi connectivity index (χ2n) is 2.48. The SMILES string of the molecule is CC(=O)CC1=C[CH]CC1. The topological polar surface area (TPSA) is 17.1 Å². The van der Waals surface area contributed by atoms with Crippen LogP contribution >= 0.6 is 0 Å². The van der Waals surface area contributed by atoms with Crippen LogP contribution in [0, 0.1) is 6.42 Å². The second kappa shape index (κ2) is 2.81. The van der Waals surface area contributed by atoms with Gasteiger partial charge in [0, 0.05) is 6.42 Å². The van der Waals surface area contributed by atoms with Crippen LogP contribution in [0.25, 0.3) is 0 Å². The number of hydrogen-bond donors (Lipinski definition) is 0. The van der Waals surface area contributed by atoms with Crippen LogP contribution in [0.1, 0.15) is 26.2 Å². The smallest absolute Gasteiger partial charge is 0.133 e. The van der Waals surface area contributed by atoms with Gasteiger partial charge in [0.05, 0.1) is 0 Å². The van der Waals surface area contributed by atoms with Crippen LogP contribution in [0.3, 0.4) is 0 Å². The number of Topliss-reactive ketones (excluding diaryl/α,β-unsaturated/α-hetero) is 1. The maximum absolute atomic E-state index is 10.5. The molecule has 1 nitrogen and oxygen atoms in total. The molecule has 1 radical (unpaired) electrons. The van der Waals surface area contributed by atoms with Gasteiger partial charge in [-0.3, -0.25) is 4.79 Å². The van der Waals surface area contributed by atoms with Crippen molar-refractivity contribution in [3.63, 3.8) is 0 Å². The van der Waals surface area contributed by atoms with Gasteiger partial charge in [-0.2, -0.15) is 0 Å². The minimum atomic E-state index is 0.275. The predicted molar refractivity (Wildman–Crippen MR) is 36.9 cm³/mol. The molecule has 0 unspecified atom stereocenters. The molecule has 0 heterocycles. The van der Waals surface area contributed by atoms with E-state index in [0.717, 1.165) is 12.8 Å². The number of carbonyl (C=O) groups is 1. The zero-order valence-corrected chi connectivity index (χ0v) is 5.68. The highest BCUT2D eigenvalue weighted by Crippen LogP contribution is 2.19. The fraction of sp³-hybridized carbons (Fsp3) is 0.500. The van der Waals surface area contributed by atoms with Crippen LogP contribution in [0.5, 0.6) is 0 Å². The first kappa shape index (κ1) is 6.53. The zero-order chi connectivity index (χ0) is 6.69. The molecule has 0 atom stereocenters. The van der Waals surface area contributed by atoms with Crippen molar-refractivity contribution in [2.45, 2.75) is 26.2 Å². The quantitative estimate of drug-likeness (QED) is 0.548. The molecule has 49 valence electrons. The van der Waals surface area contributed by atoms with Crippen LogP contribution in [0.2, 0.25) is 0 Å². The molecule has 0 aromatic carbocycles. The molecule has 0 aromatic rings. The van der Waals surface area contributed by atoms with Gasteiger partial charge in [0.25, 0.3) is 0 Å². The highest BCUT2D eigenvalue weighted by molar-refractivity contribution is 5.78. The first-order valence-electron chi connectivity index (χ1n) is 3.30. The van der Waals surface area contributed by atoms with Gasteiger partial charge in [0.2, 0.25) is 0 Å². The molecule has 0 saturated carbocycles. The Kier molecular flexibility index (Phi) is 2.04. The largest absolute Gasteiger partial charge is 0.300 e. The third kappa shape index (κ3) is 2.00. The van der Waals surface area contributed by atoms with E-state index in [1.807, 2.05) is 0 Å². The van der Waals surface area contributed by atoms with Crippen LogP contribution in [-0.4, -0.2) is 5.78 Å². The molecular weight excluding hydrogens is 112 g/mol. The summed E-state index contributed by atoms with van der Waals surface area (Å²) in [4.78, 5) is 10.5. The summed E-state index contributed by atoms with van der Waals surface area (Å²) in [5.74, 6) is 0.275. The molecule has 0 amide bonds. The molecule has 1 rings (SSSR count). The van der Waals surface area contributed by atoms with Crippen LogP contribution < -0.4 is 0 Å². The van der Waals surface area contributed by atoms with Gasteiger partial charge < -0.3 is 0 Å². The van der Waals surface area contributed by atoms with Crippen molar-refractivity contribution in [3.05, 3.63) is 18.1 Å². The summed E-state index contributed by atoms with van der Waals surface area (Å²) in [5, 5.41) is 0. The van der Waals surface area contributed by atoms with E-state index < -0.39 is 0 Å². The Labute approximate surface area is 55.8 Å². The lowest BCUT2D eigenvalue weighted by atomic mass is 10.1. The summed E-state index contributed by atoms with van der Waals surface area (Å²) < 4.78 is 0. The van der Waals surface area contributed by atoms with Gasteiger partial charge in [-0.25, -0.2) is 0 Å². The average Bonchev–Trinajstić information content (AvgIpc) is 2.15. The Morgan fingerprint density at radius 1 is 1.78 bits per heavy atom. The van der Waals surface area contributed by atoms with Crippen LogP contribution in [-0.2, 0) is 4.79 Å². The predicted octanol–water partition coefficient (Wildman–Crippen LogP) is 1.89. The van der Waals surface area contributed by atoms with Gasteiger partial charge in [0.15, 0.2) is 0 Å². The molecule has 1 aliphatic rings. The molecule has 0 N–H and O–H groups in total. The monoisotopic (exact) mass is 123 g/mol. The molecule has 0 aliphatic heterocycles. The summed E-state index contributed by atoms with van der Waals surface area (Å²) in [6.07, 6.45) is 7.08. The van der Waals surface area contributed by atoms with Crippen molar-refractivity contribution in [3.8, 4) is 0 Å². The van der Waals surface area contributed by atoms with E-state index in [-0.39, 0.29) is 5.78 Å². The Hall–Kier alpha value is -0.590. The Morgan fingerprint density at radius 3 is 3.00 bits per heavy atom. The number of hydrogen-bond acceptors (Lipinski definition) is 1. The lowest BCUT2D eigenvalue weighted by molar-refractivity contribution is -0.116. The first-order valence-corrected chi connectivity index (χ1v) is 3.30. The number of ketones is 1. The summed E-state index contributed by atoms with van der Waals surface area (Å²) >= 11 is 0. The minimum absolute atomic E-state index is 0.275. The lowest BCUT2D eigenvalue weighted by Gasteiger charge is -1.93. The first-order chi connectivity index (χ1) is 4.29. The number of allylic oxidation sites excluding steroid dienone is 2. The Morgan fingerprint density at radius 2 is 2.56 bits per heavy atom. The normalized spacial score (nSPS) is 17.7. The fourth-order valence-corrected chi connectivity index (χ4v) is 1.07. The van der Waals surface area contributed by atoms with Crippen molar-refractivity contribution in [1.82, 2.24) is 0 Å². The molecule has 0 spiro atoms. The molecule has 9 heavy (non-hydrogen) atoms. The van der Waals surface area contributed by atoms with Gasteiger partial charge in [-0.05, 0) is 26.2 Å². The van der Waals surface area contributed by atoms with Gasteiger partial charge >= 0.3 is 0 Å². The lowest BCUT2D eigenvalue weighted by Crippen LogP contribution is -1.90. The van der Waals surface area contributed by atoms with E-state index in [9.17, 15) is 4.79 Å². The molecule has 0 aromatic heterocycles. The van der Waals surface area contributed by atoms with Crippen molar-refractivity contribution >= 4 is 5.78 Å². The minimum Gasteiger partial charge on any atom is -0.300 e. The third-order valence-corrected chi connectivity index (χ3v) is 1.46. The molecule has 1 aliphatic carbocycles. The summed E-state index contributed by atoms with van der Waals surface area (Å²) in [5.41, 5.74) is 1.29. The maximum atomic E-state index is 10.5. The van der Waals surface area contributed by atoms with Crippen molar-refractivity contribution < 1.29 is 4.79 Å². The summed E-state index contributed by atoms with van der Waals surface area (Å²) in [7, 11) is 0.